The summed E-state index contributed by atoms with van der Waals surface area (Å²) in [5.74, 6) is -1.31. The molecule has 0 aliphatic carbocycles. The smallest absolute Gasteiger partial charge is 0.337 e. The summed E-state index contributed by atoms with van der Waals surface area (Å²) in [7, 11) is 0. The molecule has 0 aliphatic rings. The van der Waals surface area contributed by atoms with Crippen LogP contribution in [-0.2, 0) is 4.79 Å². The summed E-state index contributed by atoms with van der Waals surface area (Å²) in [6, 6.07) is 4.40. The molecule has 1 aromatic carbocycles. The highest BCUT2D eigenvalue weighted by Crippen LogP contribution is 2.22. The molecule has 5 heteroatoms. The van der Waals surface area contributed by atoms with Gasteiger partial charge in [0.05, 0.1) is 11.3 Å². The van der Waals surface area contributed by atoms with Crippen molar-refractivity contribution in [2.45, 2.75) is 39.5 Å². The molecule has 4 N–H and O–H groups in total. The third-order valence-electron chi connectivity index (χ3n) is 3.18. The van der Waals surface area contributed by atoms with Crippen molar-refractivity contribution in [3.8, 4) is 0 Å². The summed E-state index contributed by atoms with van der Waals surface area (Å²) in [4.78, 5) is 23.4. The molecule has 1 aromatic rings. The monoisotopic (exact) mass is 278 g/mol. The summed E-state index contributed by atoms with van der Waals surface area (Å²) in [6.07, 6.45) is 3.43. The second kappa shape index (κ2) is 7.53. The predicted octanol–water partition coefficient (Wildman–Crippen LogP) is 3.12. The second-order valence-electron chi connectivity index (χ2n) is 4.87. The van der Waals surface area contributed by atoms with E-state index in [9.17, 15) is 9.59 Å². The lowest BCUT2D eigenvalue weighted by atomic mass is 9.97. The van der Waals surface area contributed by atoms with Crippen LogP contribution in [0.2, 0.25) is 0 Å². The largest absolute Gasteiger partial charge is 0.478 e. The van der Waals surface area contributed by atoms with Gasteiger partial charge in [-0.2, -0.15) is 0 Å². The molecule has 0 saturated carbocycles. The molecule has 1 amide bonds. The molecular formula is C15H22N2O3. The van der Waals surface area contributed by atoms with Gasteiger partial charge in [0.15, 0.2) is 0 Å². The van der Waals surface area contributed by atoms with E-state index in [0.717, 1.165) is 25.7 Å². The van der Waals surface area contributed by atoms with E-state index >= 15 is 0 Å². The van der Waals surface area contributed by atoms with Crippen LogP contribution in [0.1, 0.15) is 49.9 Å². The zero-order valence-corrected chi connectivity index (χ0v) is 12.0. The number of aromatic carboxylic acids is 1. The molecule has 5 nitrogen and oxygen atoms in total. The normalized spacial score (nSPS) is 10.6. The summed E-state index contributed by atoms with van der Waals surface area (Å²) in [5, 5.41) is 11.8. The number of rotatable bonds is 7. The molecule has 0 spiro atoms. The Kier molecular flexibility index (Phi) is 6.03. The molecule has 0 bridgehead atoms. The minimum absolute atomic E-state index is 0.0549. The van der Waals surface area contributed by atoms with Crippen molar-refractivity contribution in [2.75, 3.05) is 11.1 Å². The predicted molar refractivity (Wildman–Crippen MR) is 79.7 cm³/mol. The molecular weight excluding hydrogens is 256 g/mol. The summed E-state index contributed by atoms with van der Waals surface area (Å²) in [6.45, 7) is 4.05. The molecule has 0 radical (unpaired) electrons. The minimum Gasteiger partial charge on any atom is -0.478 e. The fourth-order valence-corrected chi connectivity index (χ4v) is 2.19. The lowest BCUT2D eigenvalue weighted by molar-refractivity contribution is -0.120. The Hall–Kier alpha value is -2.04. The van der Waals surface area contributed by atoms with E-state index < -0.39 is 5.97 Å². The first kappa shape index (κ1) is 16.0. The first-order valence-corrected chi connectivity index (χ1v) is 6.93. The van der Waals surface area contributed by atoms with Crippen LogP contribution in [-0.4, -0.2) is 17.0 Å². The average Bonchev–Trinajstić information content (AvgIpc) is 2.38. The van der Waals surface area contributed by atoms with Gasteiger partial charge in [0.1, 0.15) is 0 Å². The Balaban J connectivity index is 2.93. The van der Waals surface area contributed by atoms with Gasteiger partial charge in [-0.25, -0.2) is 4.79 Å². The minimum atomic E-state index is -1.08. The van der Waals surface area contributed by atoms with Crippen LogP contribution in [0.15, 0.2) is 18.2 Å². The fourth-order valence-electron chi connectivity index (χ4n) is 2.19. The Bertz CT molecular complexity index is 480. The van der Waals surface area contributed by atoms with Crippen LogP contribution in [0.3, 0.4) is 0 Å². The van der Waals surface area contributed by atoms with Gasteiger partial charge in [0.2, 0.25) is 5.91 Å². The van der Waals surface area contributed by atoms with E-state index in [-0.39, 0.29) is 23.1 Å². The number of hydrogen-bond donors (Lipinski definition) is 3. The van der Waals surface area contributed by atoms with Crippen molar-refractivity contribution < 1.29 is 14.7 Å². The molecule has 0 saturated heterocycles. The topological polar surface area (TPSA) is 92.4 Å². The highest BCUT2D eigenvalue weighted by atomic mass is 16.4. The highest BCUT2D eigenvalue weighted by molar-refractivity contribution is 6.01. The molecule has 0 aliphatic heterocycles. The second-order valence-corrected chi connectivity index (χ2v) is 4.87. The van der Waals surface area contributed by atoms with Crippen LogP contribution < -0.4 is 11.1 Å². The van der Waals surface area contributed by atoms with E-state index in [4.69, 9.17) is 10.8 Å². The number of nitrogens with one attached hydrogen (secondary N) is 1. The number of benzene rings is 1. The third-order valence-corrected chi connectivity index (χ3v) is 3.18. The van der Waals surface area contributed by atoms with Crippen LogP contribution in [0, 0.1) is 5.92 Å². The number of anilines is 2. The molecule has 110 valence electrons. The summed E-state index contributed by atoms with van der Waals surface area (Å²) < 4.78 is 0. The SMILES string of the molecule is CCCC(CCC)C(=O)Nc1cc(N)ccc1C(=O)O. The van der Waals surface area contributed by atoms with Gasteiger partial charge in [-0.3, -0.25) is 4.79 Å². The van der Waals surface area contributed by atoms with Gasteiger partial charge < -0.3 is 16.2 Å². The van der Waals surface area contributed by atoms with Crippen LogP contribution in [0.25, 0.3) is 0 Å². The van der Waals surface area contributed by atoms with Gasteiger partial charge in [0, 0.05) is 11.6 Å². The number of carboxylic acids is 1. The molecule has 1 rings (SSSR count). The van der Waals surface area contributed by atoms with Crippen LogP contribution in [0.5, 0.6) is 0 Å². The molecule has 0 unspecified atom stereocenters. The number of nitrogen functional groups attached to an aromatic ring is 1. The van der Waals surface area contributed by atoms with E-state index in [1.165, 1.54) is 18.2 Å². The highest BCUT2D eigenvalue weighted by Gasteiger charge is 2.19. The first-order chi connectivity index (χ1) is 9.49. The number of nitrogens with two attached hydrogens (primary N) is 1. The van der Waals surface area contributed by atoms with Gasteiger partial charge >= 0.3 is 5.97 Å². The van der Waals surface area contributed by atoms with Gasteiger partial charge in [-0.1, -0.05) is 26.7 Å². The molecule has 0 fully saturated rings. The lowest BCUT2D eigenvalue weighted by Crippen LogP contribution is -2.24. The number of carbonyl (C=O) groups excluding carboxylic acids is 1. The number of carbonyl (C=O) groups is 2. The Morgan fingerprint density at radius 2 is 1.85 bits per heavy atom. The summed E-state index contributed by atoms with van der Waals surface area (Å²) in [5.41, 5.74) is 6.40. The summed E-state index contributed by atoms with van der Waals surface area (Å²) >= 11 is 0. The maximum absolute atomic E-state index is 12.2. The van der Waals surface area contributed by atoms with Crippen molar-refractivity contribution in [1.29, 1.82) is 0 Å². The van der Waals surface area contributed by atoms with Crippen molar-refractivity contribution in [2.24, 2.45) is 5.92 Å². The molecule has 0 heterocycles. The Morgan fingerprint density at radius 1 is 1.25 bits per heavy atom. The zero-order chi connectivity index (χ0) is 15.1. The molecule has 20 heavy (non-hydrogen) atoms. The van der Waals surface area contributed by atoms with Crippen LogP contribution >= 0.6 is 0 Å². The van der Waals surface area contributed by atoms with E-state index in [1.54, 1.807) is 0 Å². The quantitative estimate of drug-likeness (QED) is 0.668. The van der Waals surface area contributed by atoms with Crippen molar-refractivity contribution in [3.05, 3.63) is 23.8 Å². The van der Waals surface area contributed by atoms with Crippen molar-refractivity contribution >= 4 is 23.3 Å². The maximum atomic E-state index is 12.2. The Labute approximate surface area is 119 Å². The standard InChI is InChI=1S/C15H22N2O3/c1-3-5-10(6-4-2)14(18)17-13-9-11(16)7-8-12(13)15(19)20/h7-10H,3-6,16H2,1-2H3,(H,17,18)(H,19,20). The first-order valence-electron chi connectivity index (χ1n) is 6.93. The third kappa shape index (κ3) is 4.26. The fraction of sp³-hybridized carbons (Fsp3) is 0.467. The number of amides is 1. The lowest BCUT2D eigenvalue weighted by Gasteiger charge is -2.16. The van der Waals surface area contributed by atoms with Gasteiger partial charge in [0.25, 0.3) is 0 Å². The van der Waals surface area contributed by atoms with E-state index in [0.29, 0.717) is 5.69 Å². The zero-order valence-electron chi connectivity index (χ0n) is 12.0. The molecule has 0 atom stereocenters. The van der Waals surface area contributed by atoms with Crippen molar-refractivity contribution in [3.63, 3.8) is 0 Å². The van der Waals surface area contributed by atoms with Gasteiger partial charge in [-0.05, 0) is 31.0 Å². The molecule has 0 aromatic heterocycles. The number of carboxylic acid groups (broad SMARTS) is 1. The van der Waals surface area contributed by atoms with E-state index in [1.807, 2.05) is 13.8 Å². The average molecular weight is 278 g/mol. The van der Waals surface area contributed by atoms with E-state index in [2.05, 4.69) is 5.32 Å². The van der Waals surface area contributed by atoms with Gasteiger partial charge in [-0.15, -0.1) is 0 Å². The van der Waals surface area contributed by atoms with Crippen LogP contribution in [0.4, 0.5) is 11.4 Å². The Morgan fingerprint density at radius 3 is 2.35 bits per heavy atom. The number of hydrogen-bond acceptors (Lipinski definition) is 3. The maximum Gasteiger partial charge on any atom is 0.337 e. The van der Waals surface area contributed by atoms with Crippen molar-refractivity contribution in [1.82, 2.24) is 0 Å².